The minimum Gasteiger partial charge on any atom is -0.497 e. The molecule has 2 rings (SSSR count). The molecule has 2 aromatic carbocycles. The average molecular weight is 268 g/mol. The van der Waals surface area contributed by atoms with E-state index in [-0.39, 0.29) is 5.78 Å². The van der Waals surface area contributed by atoms with Crippen molar-refractivity contribution >= 4 is 5.78 Å². The number of aryl methyl sites for hydroxylation is 3. The van der Waals surface area contributed by atoms with Crippen molar-refractivity contribution in [3.63, 3.8) is 0 Å². The van der Waals surface area contributed by atoms with Crippen LogP contribution < -0.4 is 4.74 Å². The zero-order chi connectivity index (χ0) is 14.5. The van der Waals surface area contributed by atoms with Crippen LogP contribution in [0.4, 0.5) is 0 Å². The third-order valence-corrected chi connectivity index (χ3v) is 3.31. The number of ketones is 1. The molecule has 2 nitrogen and oxygen atoms in total. The maximum Gasteiger partial charge on any atom is 0.163 e. The molecule has 0 bridgehead atoms. The highest BCUT2D eigenvalue weighted by atomic mass is 16.5. The van der Waals surface area contributed by atoms with Gasteiger partial charge < -0.3 is 4.74 Å². The minimum absolute atomic E-state index is 0.156. The van der Waals surface area contributed by atoms with Crippen molar-refractivity contribution in [2.24, 2.45) is 0 Å². The number of carbonyl (C=O) groups is 1. The first-order valence-corrected chi connectivity index (χ1v) is 6.83. The second-order valence-corrected chi connectivity index (χ2v) is 5.15. The number of rotatable bonds is 5. The van der Waals surface area contributed by atoms with E-state index in [0.717, 1.165) is 12.2 Å². The van der Waals surface area contributed by atoms with Gasteiger partial charge in [-0.05, 0) is 38.0 Å². The Morgan fingerprint density at radius 3 is 2.40 bits per heavy atom. The number of Topliss-reactive ketones (excluding diaryl/α,β-unsaturated/α-hetero) is 1. The standard InChI is InChI=1S/C18H20O2/c1-13-9-14(2)11-15(10-13)7-8-18(19)16-5-4-6-17(12-16)20-3/h4-6,9-12H,7-8H2,1-3H3. The Labute approximate surface area is 120 Å². The molecule has 0 aliphatic rings. The van der Waals surface area contributed by atoms with Crippen molar-refractivity contribution in [2.45, 2.75) is 26.7 Å². The summed E-state index contributed by atoms with van der Waals surface area (Å²) >= 11 is 0. The fourth-order valence-corrected chi connectivity index (χ4v) is 2.41. The molecule has 0 spiro atoms. The lowest BCUT2D eigenvalue weighted by Gasteiger charge is -2.06. The number of hydrogen-bond acceptors (Lipinski definition) is 2. The Hall–Kier alpha value is -2.09. The third-order valence-electron chi connectivity index (χ3n) is 3.31. The Bertz CT molecular complexity index is 594. The molecular weight excluding hydrogens is 248 g/mol. The highest BCUT2D eigenvalue weighted by Gasteiger charge is 2.07. The second-order valence-electron chi connectivity index (χ2n) is 5.15. The van der Waals surface area contributed by atoms with Gasteiger partial charge in [0.25, 0.3) is 0 Å². The fraction of sp³-hybridized carbons (Fsp3) is 0.278. The molecule has 0 aliphatic carbocycles. The van der Waals surface area contributed by atoms with E-state index in [1.54, 1.807) is 13.2 Å². The molecule has 2 heteroatoms. The van der Waals surface area contributed by atoms with Gasteiger partial charge in [-0.25, -0.2) is 0 Å². The zero-order valence-corrected chi connectivity index (χ0v) is 12.3. The van der Waals surface area contributed by atoms with E-state index in [0.29, 0.717) is 12.0 Å². The summed E-state index contributed by atoms with van der Waals surface area (Å²) in [5.41, 5.74) is 4.43. The smallest absolute Gasteiger partial charge is 0.163 e. The molecule has 0 N–H and O–H groups in total. The summed E-state index contributed by atoms with van der Waals surface area (Å²) in [4.78, 5) is 12.2. The highest BCUT2D eigenvalue weighted by molar-refractivity contribution is 5.96. The zero-order valence-electron chi connectivity index (χ0n) is 12.3. The highest BCUT2D eigenvalue weighted by Crippen LogP contribution is 2.16. The van der Waals surface area contributed by atoms with Crippen LogP contribution in [0.15, 0.2) is 42.5 Å². The van der Waals surface area contributed by atoms with Gasteiger partial charge in [0, 0.05) is 12.0 Å². The molecule has 0 aromatic heterocycles. The summed E-state index contributed by atoms with van der Waals surface area (Å²) in [6.07, 6.45) is 1.30. The Morgan fingerprint density at radius 2 is 1.75 bits per heavy atom. The van der Waals surface area contributed by atoms with Crippen LogP contribution in [-0.2, 0) is 6.42 Å². The monoisotopic (exact) mass is 268 g/mol. The molecule has 0 amide bonds. The van der Waals surface area contributed by atoms with Crippen molar-refractivity contribution in [1.29, 1.82) is 0 Å². The lowest BCUT2D eigenvalue weighted by Crippen LogP contribution is -2.02. The fourth-order valence-electron chi connectivity index (χ4n) is 2.41. The topological polar surface area (TPSA) is 26.3 Å². The minimum atomic E-state index is 0.156. The van der Waals surface area contributed by atoms with E-state index < -0.39 is 0 Å². The Morgan fingerprint density at radius 1 is 1.05 bits per heavy atom. The molecular formula is C18H20O2. The number of hydrogen-bond donors (Lipinski definition) is 0. The van der Waals surface area contributed by atoms with Gasteiger partial charge in [0.1, 0.15) is 5.75 Å². The average Bonchev–Trinajstić information content (AvgIpc) is 2.44. The number of ether oxygens (including phenoxy) is 1. The van der Waals surface area contributed by atoms with Crippen molar-refractivity contribution in [3.05, 3.63) is 64.7 Å². The van der Waals surface area contributed by atoms with Crippen LogP contribution in [-0.4, -0.2) is 12.9 Å². The summed E-state index contributed by atoms with van der Waals surface area (Å²) in [7, 11) is 1.61. The van der Waals surface area contributed by atoms with E-state index in [1.807, 2.05) is 18.2 Å². The number of benzene rings is 2. The first-order valence-electron chi connectivity index (χ1n) is 6.83. The lowest BCUT2D eigenvalue weighted by molar-refractivity contribution is 0.0982. The van der Waals surface area contributed by atoms with E-state index in [4.69, 9.17) is 4.74 Å². The van der Waals surface area contributed by atoms with Gasteiger partial charge in [0.15, 0.2) is 5.78 Å². The van der Waals surface area contributed by atoms with E-state index >= 15 is 0 Å². The van der Waals surface area contributed by atoms with Crippen LogP contribution in [0.25, 0.3) is 0 Å². The summed E-state index contributed by atoms with van der Waals surface area (Å²) in [5, 5.41) is 0. The van der Waals surface area contributed by atoms with Gasteiger partial charge in [-0.2, -0.15) is 0 Å². The Balaban J connectivity index is 2.04. The van der Waals surface area contributed by atoms with Gasteiger partial charge in [0.2, 0.25) is 0 Å². The Kier molecular flexibility index (Phi) is 4.57. The molecule has 0 radical (unpaired) electrons. The van der Waals surface area contributed by atoms with Gasteiger partial charge in [-0.1, -0.05) is 41.5 Å². The predicted molar refractivity (Wildman–Crippen MR) is 81.6 cm³/mol. The molecule has 0 saturated heterocycles. The number of carbonyl (C=O) groups excluding carboxylic acids is 1. The van der Waals surface area contributed by atoms with Crippen LogP contribution in [0.5, 0.6) is 5.75 Å². The van der Waals surface area contributed by atoms with Crippen molar-refractivity contribution in [2.75, 3.05) is 7.11 Å². The molecule has 0 fully saturated rings. The van der Waals surface area contributed by atoms with Crippen LogP contribution in [0, 0.1) is 13.8 Å². The van der Waals surface area contributed by atoms with Gasteiger partial charge in [0.05, 0.1) is 7.11 Å². The maximum atomic E-state index is 12.2. The van der Waals surface area contributed by atoms with Crippen molar-refractivity contribution in [1.82, 2.24) is 0 Å². The van der Waals surface area contributed by atoms with Crippen LogP contribution in [0.2, 0.25) is 0 Å². The van der Waals surface area contributed by atoms with E-state index in [1.165, 1.54) is 16.7 Å². The summed E-state index contributed by atoms with van der Waals surface area (Å²) < 4.78 is 5.15. The third kappa shape index (κ3) is 3.70. The molecule has 104 valence electrons. The summed E-state index contributed by atoms with van der Waals surface area (Å²) in [6.45, 7) is 4.17. The largest absolute Gasteiger partial charge is 0.497 e. The lowest BCUT2D eigenvalue weighted by atomic mass is 10.00. The normalized spacial score (nSPS) is 10.3. The van der Waals surface area contributed by atoms with Crippen molar-refractivity contribution < 1.29 is 9.53 Å². The maximum absolute atomic E-state index is 12.2. The van der Waals surface area contributed by atoms with Crippen LogP contribution >= 0.6 is 0 Å². The molecule has 0 unspecified atom stereocenters. The molecule has 20 heavy (non-hydrogen) atoms. The quantitative estimate of drug-likeness (QED) is 0.762. The summed E-state index contributed by atoms with van der Waals surface area (Å²) in [5.74, 6) is 0.880. The SMILES string of the molecule is COc1cccc(C(=O)CCc2cc(C)cc(C)c2)c1. The molecule has 0 atom stereocenters. The molecule has 0 saturated carbocycles. The summed E-state index contributed by atoms with van der Waals surface area (Å²) in [6, 6.07) is 13.8. The predicted octanol–water partition coefficient (Wildman–Crippen LogP) is 4.13. The first-order chi connectivity index (χ1) is 9.58. The van der Waals surface area contributed by atoms with Crippen molar-refractivity contribution in [3.8, 4) is 5.75 Å². The van der Waals surface area contributed by atoms with Gasteiger partial charge >= 0.3 is 0 Å². The second kappa shape index (κ2) is 6.38. The molecule has 0 aliphatic heterocycles. The van der Waals surface area contributed by atoms with E-state index in [9.17, 15) is 4.79 Å². The van der Waals surface area contributed by atoms with Gasteiger partial charge in [-0.15, -0.1) is 0 Å². The first kappa shape index (κ1) is 14.3. The van der Waals surface area contributed by atoms with Gasteiger partial charge in [-0.3, -0.25) is 4.79 Å². The molecule has 0 heterocycles. The van der Waals surface area contributed by atoms with E-state index in [2.05, 4.69) is 32.0 Å². The molecule has 2 aromatic rings. The number of methoxy groups -OCH3 is 1. The van der Waals surface area contributed by atoms with Crippen LogP contribution in [0.1, 0.15) is 33.5 Å². The van der Waals surface area contributed by atoms with Crippen LogP contribution in [0.3, 0.4) is 0 Å².